The topological polar surface area (TPSA) is 64.7 Å². The van der Waals surface area contributed by atoms with Crippen LogP contribution in [0, 0.1) is 5.41 Å². The molecular formula is C23H27N2O3+. The van der Waals surface area contributed by atoms with E-state index >= 15 is 0 Å². The van der Waals surface area contributed by atoms with Gasteiger partial charge < -0.3 is 19.9 Å². The third kappa shape index (κ3) is 3.21. The van der Waals surface area contributed by atoms with Crippen molar-refractivity contribution in [3.05, 3.63) is 59.4 Å². The fraction of sp³-hybridized carbons (Fsp3) is 0.348. The summed E-state index contributed by atoms with van der Waals surface area (Å²) in [5.74, 6) is 1.79. The van der Waals surface area contributed by atoms with Gasteiger partial charge in [0.25, 0.3) is 0 Å². The van der Waals surface area contributed by atoms with Crippen molar-refractivity contribution < 1.29 is 19.6 Å². The average molecular weight is 379 g/mol. The number of hydrogen-bond acceptors (Lipinski definition) is 4. The number of anilines is 1. The smallest absolute Gasteiger partial charge is 0.227 e. The highest BCUT2D eigenvalue weighted by molar-refractivity contribution is 6.01. The maximum Gasteiger partial charge on any atom is 0.227 e. The lowest BCUT2D eigenvalue weighted by Gasteiger charge is -2.32. The summed E-state index contributed by atoms with van der Waals surface area (Å²) in [5.41, 5.74) is 5.01. The van der Waals surface area contributed by atoms with Gasteiger partial charge >= 0.3 is 0 Å². The average Bonchev–Trinajstić information content (AvgIpc) is 2.82. The van der Waals surface area contributed by atoms with Crippen LogP contribution in [0.1, 0.15) is 38.3 Å². The van der Waals surface area contributed by atoms with Crippen molar-refractivity contribution in [3.8, 4) is 11.5 Å². The molecule has 1 unspecified atom stereocenters. The molecule has 0 saturated heterocycles. The Balaban J connectivity index is 1.90. The Morgan fingerprint density at radius 3 is 2.54 bits per heavy atom. The van der Waals surface area contributed by atoms with E-state index in [-0.39, 0.29) is 11.5 Å². The standard InChI is InChI=1S/C23H26N2O3/c1-23(2)12-17-21(18(26)13-23)22(25-16-8-6-5-7-15(16)24-17)14-9-10-19(27-3)20(11-14)28-4/h5-11,22,25-26H,12-13H2,1-4H3/p+1. The van der Waals surface area contributed by atoms with Gasteiger partial charge in [-0.1, -0.05) is 32.0 Å². The molecule has 0 amide bonds. The van der Waals surface area contributed by atoms with Crippen molar-refractivity contribution in [1.29, 1.82) is 0 Å². The number of para-hydroxylation sites is 2. The molecule has 2 aromatic carbocycles. The Hall–Kier alpha value is -2.95. The Morgan fingerprint density at radius 2 is 1.79 bits per heavy atom. The van der Waals surface area contributed by atoms with Gasteiger partial charge in [0.15, 0.2) is 17.2 Å². The predicted molar refractivity (Wildman–Crippen MR) is 111 cm³/mol. The van der Waals surface area contributed by atoms with Gasteiger partial charge in [-0.3, -0.25) is 0 Å². The number of ether oxygens (including phenoxy) is 2. The van der Waals surface area contributed by atoms with E-state index in [1.807, 2.05) is 30.3 Å². The van der Waals surface area contributed by atoms with E-state index < -0.39 is 0 Å². The van der Waals surface area contributed by atoms with Crippen molar-refractivity contribution in [2.75, 3.05) is 19.5 Å². The molecule has 0 fully saturated rings. The normalized spacial score (nSPS) is 20.3. The minimum absolute atomic E-state index is 0.00263. The molecule has 5 heteroatoms. The van der Waals surface area contributed by atoms with E-state index in [1.54, 1.807) is 14.2 Å². The van der Waals surface area contributed by atoms with Crippen LogP contribution in [0.15, 0.2) is 53.8 Å². The quantitative estimate of drug-likeness (QED) is 0.762. The number of nitrogens with one attached hydrogen (secondary N) is 2. The monoisotopic (exact) mass is 379 g/mol. The molecule has 0 aromatic heterocycles. The number of allylic oxidation sites excluding steroid dienone is 1. The van der Waals surface area contributed by atoms with E-state index in [9.17, 15) is 5.11 Å². The molecule has 2 aromatic rings. The third-order valence-corrected chi connectivity index (χ3v) is 5.48. The van der Waals surface area contributed by atoms with Crippen LogP contribution < -0.4 is 19.8 Å². The first-order chi connectivity index (χ1) is 13.4. The van der Waals surface area contributed by atoms with Gasteiger partial charge in [-0.25, -0.2) is 4.99 Å². The zero-order valence-electron chi connectivity index (χ0n) is 16.8. The number of benzene rings is 2. The number of aliphatic hydroxyl groups excluding tert-OH is 1. The van der Waals surface area contributed by atoms with E-state index in [2.05, 4.69) is 36.3 Å². The number of methoxy groups -OCH3 is 2. The Bertz CT molecular complexity index is 976. The van der Waals surface area contributed by atoms with Gasteiger partial charge in [0.05, 0.1) is 25.8 Å². The maximum atomic E-state index is 11.0. The minimum Gasteiger partial charge on any atom is -0.512 e. The lowest BCUT2D eigenvalue weighted by atomic mass is 9.74. The number of aliphatic hydroxyl groups is 1. The molecule has 0 bridgehead atoms. The van der Waals surface area contributed by atoms with Gasteiger partial charge in [-0.2, -0.15) is 0 Å². The molecule has 0 radical (unpaired) electrons. The summed E-state index contributed by atoms with van der Waals surface area (Å²) in [7, 11) is 3.27. The second-order valence-corrected chi connectivity index (χ2v) is 8.22. The molecule has 1 atom stereocenters. The Labute approximate surface area is 165 Å². The first-order valence-corrected chi connectivity index (χ1v) is 9.54. The van der Waals surface area contributed by atoms with Crippen molar-refractivity contribution in [2.24, 2.45) is 5.41 Å². The largest absolute Gasteiger partial charge is 0.512 e. The van der Waals surface area contributed by atoms with Crippen LogP contribution in [-0.4, -0.2) is 25.0 Å². The SMILES string of the molecule is COc1ccc(C2Nc3ccccc3[NH+]=C3CC(C)(C)CC(O)=C32)cc1OC. The van der Waals surface area contributed by atoms with Crippen LogP contribution in [0.3, 0.4) is 0 Å². The van der Waals surface area contributed by atoms with Crippen molar-refractivity contribution in [2.45, 2.75) is 32.7 Å². The fourth-order valence-corrected chi connectivity index (χ4v) is 4.20. The summed E-state index contributed by atoms with van der Waals surface area (Å²) >= 11 is 0. The summed E-state index contributed by atoms with van der Waals surface area (Å²) in [6, 6.07) is 13.8. The summed E-state index contributed by atoms with van der Waals surface area (Å²) in [6.45, 7) is 4.37. The van der Waals surface area contributed by atoms with Gasteiger partial charge in [-0.05, 0) is 29.2 Å². The summed E-state index contributed by atoms with van der Waals surface area (Å²) in [6.07, 6.45) is 1.52. The lowest BCUT2D eigenvalue weighted by Crippen LogP contribution is -2.67. The zero-order chi connectivity index (χ0) is 19.9. The molecule has 0 saturated carbocycles. The van der Waals surface area contributed by atoms with Crippen LogP contribution in [0.4, 0.5) is 11.4 Å². The molecular weight excluding hydrogens is 352 g/mol. The van der Waals surface area contributed by atoms with E-state index in [0.717, 1.165) is 34.6 Å². The van der Waals surface area contributed by atoms with Crippen LogP contribution >= 0.6 is 0 Å². The number of rotatable bonds is 3. The van der Waals surface area contributed by atoms with Crippen LogP contribution in [0.25, 0.3) is 0 Å². The van der Waals surface area contributed by atoms with Gasteiger partial charge in [0.2, 0.25) is 5.69 Å². The van der Waals surface area contributed by atoms with Crippen LogP contribution in [0.5, 0.6) is 11.5 Å². The summed E-state index contributed by atoms with van der Waals surface area (Å²) < 4.78 is 10.9. The molecule has 0 spiro atoms. The predicted octanol–water partition coefficient (Wildman–Crippen LogP) is 3.66. The molecule has 5 nitrogen and oxygen atoms in total. The molecule has 2 aliphatic rings. The van der Waals surface area contributed by atoms with Crippen molar-refractivity contribution in [1.82, 2.24) is 0 Å². The third-order valence-electron chi connectivity index (χ3n) is 5.48. The highest BCUT2D eigenvalue weighted by atomic mass is 16.5. The van der Waals surface area contributed by atoms with Crippen molar-refractivity contribution >= 4 is 17.1 Å². The first kappa shape index (κ1) is 18.4. The van der Waals surface area contributed by atoms with Gasteiger partial charge in [0.1, 0.15) is 11.4 Å². The number of fused-ring (bicyclic) bond motifs is 2. The molecule has 3 N–H and O–H groups in total. The minimum atomic E-state index is -0.193. The number of hydrogen-bond donors (Lipinski definition) is 3. The maximum absolute atomic E-state index is 11.0. The molecule has 4 rings (SSSR count). The highest BCUT2D eigenvalue weighted by Gasteiger charge is 2.41. The van der Waals surface area contributed by atoms with E-state index in [4.69, 9.17) is 9.47 Å². The second-order valence-electron chi connectivity index (χ2n) is 8.22. The van der Waals surface area contributed by atoms with Crippen LogP contribution in [0.2, 0.25) is 0 Å². The Morgan fingerprint density at radius 1 is 1.04 bits per heavy atom. The summed E-state index contributed by atoms with van der Waals surface area (Å²) in [4.78, 5) is 3.58. The molecule has 1 aliphatic heterocycles. The molecule has 1 aliphatic carbocycles. The molecule has 146 valence electrons. The molecule has 1 heterocycles. The van der Waals surface area contributed by atoms with E-state index in [1.165, 1.54) is 0 Å². The zero-order valence-corrected chi connectivity index (χ0v) is 16.8. The van der Waals surface area contributed by atoms with Crippen molar-refractivity contribution in [3.63, 3.8) is 0 Å². The first-order valence-electron chi connectivity index (χ1n) is 9.54. The highest BCUT2D eigenvalue weighted by Crippen LogP contribution is 2.43. The molecule has 28 heavy (non-hydrogen) atoms. The van der Waals surface area contributed by atoms with Gasteiger partial charge in [-0.15, -0.1) is 0 Å². The van der Waals surface area contributed by atoms with Gasteiger partial charge in [0, 0.05) is 18.9 Å². The fourth-order valence-electron chi connectivity index (χ4n) is 4.20. The summed E-state index contributed by atoms with van der Waals surface area (Å²) in [5, 5.41) is 14.6. The van der Waals surface area contributed by atoms with Crippen LogP contribution in [-0.2, 0) is 0 Å². The second kappa shape index (κ2) is 6.89. The Kier molecular flexibility index (Phi) is 4.53. The lowest BCUT2D eigenvalue weighted by molar-refractivity contribution is -0.354. The van der Waals surface area contributed by atoms with E-state index in [0.29, 0.717) is 23.7 Å².